The standard InChI is InChI=1S/C19H22ClN3O4S2/c1-13-4-9-18(28-13)29(26,27)23-10-2-3-14(12-23)19(25)21-11-17(24)22-16-7-5-15(20)6-8-16/h4-9,14H,2-3,10-12H2,1H3,(H,21,25)(H,22,24). The monoisotopic (exact) mass is 455 g/mol. The van der Waals surface area contributed by atoms with Crippen molar-refractivity contribution in [1.29, 1.82) is 0 Å². The Morgan fingerprint density at radius 3 is 2.59 bits per heavy atom. The molecule has 1 fully saturated rings. The quantitative estimate of drug-likeness (QED) is 0.700. The number of sulfonamides is 1. The molecule has 1 saturated heterocycles. The molecule has 0 aliphatic carbocycles. The molecule has 1 atom stereocenters. The van der Waals surface area contributed by atoms with Gasteiger partial charge >= 0.3 is 0 Å². The van der Waals surface area contributed by atoms with Crippen molar-refractivity contribution in [3.63, 3.8) is 0 Å². The number of aryl methyl sites for hydroxylation is 1. The minimum Gasteiger partial charge on any atom is -0.347 e. The molecule has 7 nitrogen and oxygen atoms in total. The van der Waals surface area contributed by atoms with E-state index >= 15 is 0 Å². The molecule has 1 unspecified atom stereocenters. The maximum Gasteiger partial charge on any atom is 0.252 e. The molecule has 2 N–H and O–H groups in total. The van der Waals surface area contributed by atoms with Gasteiger partial charge in [-0.1, -0.05) is 11.6 Å². The number of halogens is 1. The zero-order valence-corrected chi connectivity index (χ0v) is 18.2. The number of piperidine rings is 1. The van der Waals surface area contributed by atoms with Gasteiger partial charge < -0.3 is 10.6 Å². The van der Waals surface area contributed by atoms with Crippen LogP contribution in [0, 0.1) is 12.8 Å². The third-order valence-corrected chi connectivity index (χ3v) is 8.20. The van der Waals surface area contributed by atoms with Gasteiger partial charge in [0.1, 0.15) is 4.21 Å². The van der Waals surface area contributed by atoms with E-state index in [-0.39, 0.29) is 24.9 Å². The first-order valence-electron chi connectivity index (χ1n) is 9.15. The summed E-state index contributed by atoms with van der Waals surface area (Å²) in [7, 11) is -3.60. The summed E-state index contributed by atoms with van der Waals surface area (Å²) >= 11 is 7.03. The van der Waals surface area contributed by atoms with Gasteiger partial charge in [0.05, 0.1) is 12.5 Å². The van der Waals surface area contributed by atoms with Crippen LogP contribution in [0.4, 0.5) is 5.69 Å². The summed E-state index contributed by atoms with van der Waals surface area (Å²) in [5.41, 5.74) is 0.579. The Balaban J connectivity index is 1.54. The van der Waals surface area contributed by atoms with Crippen molar-refractivity contribution in [2.45, 2.75) is 24.0 Å². The normalized spacial score (nSPS) is 17.7. The predicted molar refractivity (Wildman–Crippen MR) is 114 cm³/mol. The molecule has 0 radical (unpaired) electrons. The minimum atomic E-state index is -3.60. The topological polar surface area (TPSA) is 95.6 Å². The number of carbonyl (C=O) groups is 2. The van der Waals surface area contributed by atoms with Gasteiger partial charge in [0.2, 0.25) is 11.8 Å². The summed E-state index contributed by atoms with van der Waals surface area (Å²) < 4.78 is 27.2. The van der Waals surface area contributed by atoms with E-state index < -0.39 is 15.9 Å². The maximum atomic E-state index is 12.8. The Labute approximate surface area is 179 Å². The van der Waals surface area contributed by atoms with E-state index in [1.165, 1.54) is 15.6 Å². The zero-order valence-electron chi connectivity index (χ0n) is 15.9. The van der Waals surface area contributed by atoms with Crippen LogP contribution in [0.2, 0.25) is 5.02 Å². The number of benzene rings is 1. The average Bonchev–Trinajstić information content (AvgIpc) is 3.15. The van der Waals surface area contributed by atoms with Crippen molar-refractivity contribution in [2.24, 2.45) is 5.92 Å². The summed E-state index contributed by atoms with van der Waals surface area (Å²) in [4.78, 5) is 25.4. The molecule has 2 heterocycles. The Morgan fingerprint density at radius 2 is 1.93 bits per heavy atom. The number of anilines is 1. The highest BCUT2D eigenvalue weighted by molar-refractivity contribution is 7.91. The van der Waals surface area contributed by atoms with Crippen LogP contribution in [0.3, 0.4) is 0 Å². The van der Waals surface area contributed by atoms with Crippen LogP contribution in [-0.2, 0) is 19.6 Å². The largest absolute Gasteiger partial charge is 0.347 e. The van der Waals surface area contributed by atoms with Gasteiger partial charge in [-0.25, -0.2) is 8.42 Å². The van der Waals surface area contributed by atoms with E-state index in [9.17, 15) is 18.0 Å². The lowest BCUT2D eigenvalue weighted by Crippen LogP contribution is -2.46. The number of nitrogens with zero attached hydrogens (tertiary/aromatic N) is 1. The van der Waals surface area contributed by atoms with Crippen molar-refractivity contribution in [3.05, 3.63) is 46.3 Å². The van der Waals surface area contributed by atoms with Crippen molar-refractivity contribution < 1.29 is 18.0 Å². The highest BCUT2D eigenvalue weighted by Gasteiger charge is 2.34. The molecule has 0 saturated carbocycles. The second kappa shape index (κ2) is 9.25. The van der Waals surface area contributed by atoms with Crippen LogP contribution in [0.25, 0.3) is 0 Å². The summed E-state index contributed by atoms with van der Waals surface area (Å²) in [6.45, 7) is 2.17. The molecule has 29 heavy (non-hydrogen) atoms. The Kier molecular flexibility index (Phi) is 6.94. The second-order valence-electron chi connectivity index (χ2n) is 6.84. The van der Waals surface area contributed by atoms with Gasteiger partial charge in [0.25, 0.3) is 10.0 Å². The van der Waals surface area contributed by atoms with E-state index in [2.05, 4.69) is 10.6 Å². The molecular formula is C19H22ClN3O4S2. The lowest BCUT2D eigenvalue weighted by atomic mass is 9.99. The van der Waals surface area contributed by atoms with Gasteiger partial charge in [-0.3, -0.25) is 9.59 Å². The molecule has 1 aliphatic heterocycles. The van der Waals surface area contributed by atoms with E-state index in [4.69, 9.17) is 11.6 Å². The van der Waals surface area contributed by atoms with Gasteiger partial charge in [-0.15, -0.1) is 11.3 Å². The fraction of sp³-hybridized carbons (Fsp3) is 0.368. The number of hydrogen-bond donors (Lipinski definition) is 2. The molecule has 1 aromatic carbocycles. The Hall–Kier alpha value is -1.94. The zero-order chi connectivity index (χ0) is 21.0. The average molecular weight is 456 g/mol. The molecule has 1 aliphatic rings. The van der Waals surface area contributed by atoms with Crippen LogP contribution in [0.15, 0.2) is 40.6 Å². The number of carbonyl (C=O) groups excluding carboxylic acids is 2. The van der Waals surface area contributed by atoms with Crippen LogP contribution in [-0.4, -0.2) is 44.2 Å². The van der Waals surface area contributed by atoms with Crippen LogP contribution in [0.1, 0.15) is 17.7 Å². The molecule has 2 aromatic rings. The fourth-order valence-corrected chi connectivity index (χ4v) is 6.19. The third kappa shape index (κ3) is 5.57. The minimum absolute atomic E-state index is 0.115. The third-order valence-electron chi connectivity index (χ3n) is 4.62. The van der Waals surface area contributed by atoms with Crippen LogP contribution < -0.4 is 10.6 Å². The van der Waals surface area contributed by atoms with Crippen molar-refractivity contribution >= 4 is 50.5 Å². The molecular weight excluding hydrogens is 434 g/mol. The van der Waals surface area contributed by atoms with E-state index in [1.807, 2.05) is 6.92 Å². The first kappa shape index (κ1) is 21.8. The SMILES string of the molecule is Cc1ccc(S(=O)(=O)N2CCCC(C(=O)NCC(=O)Nc3ccc(Cl)cc3)C2)s1. The van der Waals surface area contributed by atoms with E-state index in [0.717, 1.165) is 4.88 Å². The highest BCUT2D eigenvalue weighted by Crippen LogP contribution is 2.28. The van der Waals surface area contributed by atoms with Gasteiger partial charge in [-0.2, -0.15) is 4.31 Å². The van der Waals surface area contributed by atoms with Crippen LogP contribution in [0.5, 0.6) is 0 Å². The van der Waals surface area contributed by atoms with E-state index in [1.54, 1.807) is 36.4 Å². The van der Waals surface area contributed by atoms with E-state index in [0.29, 0.717) is 34.3 Å². The molecule has 10 heteroatoms. The number of thiophene rings is 1. The van der Waals surface area contributed by atoms with Crippen molar-refractivity contribution in [2.75, 3.05) is 25.0 Å². The van der Waals surface area contributed by atoms with Gasteiger partial charge in [0.15, 0.2) is 0 Å². The molecule has 156 valence electrons. The summed E-state index contributed by atoms with van der Waals surface area (Å²) in [5.74, 6) is -1.17. The van der Waals surface area contributed by atoms with Crippen molar-refractivity contribution in [1.82, 2.24) is 9.62 Å². The highest BCUT2D eigenvalue weighted by atomic mass is 35.5. The van der Waals surface area contributed by atoms with Gasteiger partial charge in [0, 0.05) is 28.7 Å². The molecule has 1 aromatic heterocycles. The predicted octanol–water partition coefficient (Wildman–Crippen LogP) is 2.87. The molecule has 0 bridgehead atoms. The summed E-state index contributed by atoms with van der Waals surface area (Å²) in [6, 6.07) is 10.0. The summed E-state index contributed by atoms with van der Waals surface area (Å²) in [5, 5.41) is 5.83. The fourth-order valence-electron chi connectivity index (χ4n) is 3.10. The smallest absolute Gasteiger partial charge is 0.252 e. The first-order chi connectivity index (χ1) is 13.8. The lowest BCUT2D eigenvalue weighted by Gasteiger charge is -2.30. The summed E-state index contributed by atoms with van der Waals surface area (Å²) in [6.07, 6.45) is 1.18. The number of nitrogens with one attached hydrogen (secondary N) is 2. The van der Waals surface area contributed by atoms with Crippen LogP contribution >= 0.6 is 22.9 Å². The molecule has 3 rings (SSSR count). The van der Waals surface area contributed by atoms with Crippen molar-refractivity contribution in [3.8, 4) is 0 Å². The Morgan fingerprint density at radius 1 is 1.21 bits per heavy atom. The number of hydrogen-bond acceptors (Lipinski definition) is 5. The molecule has 2 amide bonds. The molecule has 0 spiro atoms. The number of rotatable bonds is 6. The van der Waals surface area contributed by atoms with Gasteiger partial charge in [-0.05, 0) is 56.2 Å². The second-order valence-corrected chi connectivity index (χ2v) is 10.7. The first-order valence-corrected chi connectivity index (χ1v) is 11.8. The Bertz CT molecular complexity index is 989. The number of amides is 2. The maximum absolute atomic E-state index is 12.8. The lowest BCUT2D eigenvalue weighted by molar-refractivity contribution is -0.128.